The second kappa shape index (κ2) is 5.54. The molecule has 0 saturated carbocycles. The summed E-state index contributed by atoms with van der Waals surface area (Å²) >= 11 is 0. The van der Waals surface area contributed by atoms with Crippen LogP contribution in [0.3, 0.4) is 0 Å². The van der Waals surface area contributed by atoms with Crippen LogP contribution in [0.15, 0.2) is 42.5 Å². The van der Waals surface area contributed by atoms with E-state index in [9.17, 15) is 14.7 Å². The normalized spacial score (nSPS) is 10.2. The van der Waals surface area contributed by atoms with Gasteiger partial charge < -0.3 is 15.3 Å². The lowest BCUT2D eigenvalue weighted by Gasteiger charge is -2.06. The zero-order chi connectivity index (χ0) is 14.7. The van der Waals surface area contributed by atoms with Crippen LogP contribution in [0, 0.1) is 0 Å². The van der Waals surface area contributed by atoms with E-state index >= 15 is 0 Å². The molecule has 2 rings (SSSR count). The fourth-order valence-corrected chi connectivity index (χ4v) is 1.81. The van der Waals surface area contributed by atoms with Gasteiger partial charge in [-0.1, -0.05) is 12.1 Å². The fourth-order valence-electron chi connectivity index (χ4n) is 1.81. The van der Waals surface area contributed by atoms with Crippen molar-refractivity contribution in [1.82, 2.24) is 0 Å². The van der Waals surface area contributed by atoms with Crippen molar-refractivity contribution < 1.29 is 24.9 Å². The van der Waals surface area contributed by atoms with E-state index < -0.39 is 5.97 Å². The van der Waals surface area contributed by atoms with Crippen LogP contribution in [0.2, 0.25) is 0 Å². The van der Waals surface area contributed by atoms with Crippen LogP contribution in [0.25, 0.3) is 0 Å². The number of carbonyl (C=O) groups is 2. The minimum atomic E-state index is -1.11. The number of carbonyl (C=O) groups excluding carboxylic acids is 1. The van der Waals surface area contributed by atoms with Gasteiger partial charge in [-0.15, -0.1) is 0 Å². The van der Waals surface area contributed by atoms with E-state index in [0.717, 1.165) is 0 Å². The Labute approximate surface area is 114 Å². The topological polar surface area (TPSA) is 94.8 Å². The Bertz CT molecular complexity index is 676. The van der Waals surface area contributed by atoms with Crippen molar-refractivity contribution in [3.05, 3.63) is 64.7 Å². The highest BCUT2D eigenvalue weighted by Gasteiger charge is 2.13. The molecule has 2 aromatic rings. The summed E-state index contributed by atoms with van der Waals surface area (Å²) in [5.74, 6) is -1.58. The number of ketones is 1. The predicted octanol–water partition coefficient (Wildman–Crippen LogP) is 1.81. The molecule has 0 bridgehead atoms. The van der Waals surface area contributed by atoms with E-state index in [1.165, 1.54) is 42.5 Å². The number of aromatic hydroxyl groups is 1. The van der Waals surface area contributed by atoms with Crippen LogP contribution in [0.5, 0.6) is 5.75 Å². The molecule has 0 aliphatic heterocycles. The number of aliphatic hydroxyl groups is 1. The number of phenols is 1. The molecule has 0 spiro atoms. The molecule has 102 valence electrons. The van der Waals surface area contributed by atoms with E-state index in [1.807, 2.05) is 0 Å². The smallest absolute Gasteiger partial charge is 0.335 e. The van der Waals surface area contributed by atoms with Gasteiger partial charge in [0, 0.05) is 16.7 Å². The summed E-state index contributed by atoms with van der Waals surface area (Å²) in [4.78, 5) is 23.1. The summed E-state index contributed by atoms with van der Waals surface area (Å²) in [6.07, 6.45) is 0. The second-order valence-corrected chi connectivity index (χ2v) is 4.22. The number of hydrogen-bond acceptors (Lipinski definition) is 4. The van der Waals surface area contributed by atoms with Crippen molar-refractivity contribution >= 4 is 11.8 Å². The van der Waals surface area contributed by atoms with Crippen molar-refractivity contribution in [2.75, 3.05) is 0 Å². The summed E-state index contributed by atoms with van der Waals surface area (Å²) in [6.45, 7) is -0.387. The van der Waals surface area contributed by atoms with Crippen LogP contribution in [-0.4, -0.2) is 27.1 Å². The number of hydrogen-bond donors (Lipinski definition) is 3. The largest absolute Gasteiger partial charge is 0.508 e. The number of rotatable bonds is 4. The molecule has 0 amide bonds. The molecule has 20 heavy (non-hydrogen) atoms. The van der Waals surface area contributed by atoms with Crippen molar-refractivity contribution in [2.24, 2.45) is 0 Å². The van der Waals surface area contributed by atoms with Crippen molar-refractivity contribution in [1.29, 1.82) is 0 Å². The second-order valence-electron chi connectivity index (χ2n) is 4.22. The fraction of sp³-hybridized carbons (Fsp3) is 0.0667. The number of aromatic carboxylic acids is 1. The van der Waals surface area contributed by atoms with Gasteiger partial charge in [-0.3, -0.25) is 4.79 Å². The molecular weight excluding hydrogens is 260 g/mol. The van der Waals surface area contributed by atoms with E-state index in [-0.39, 0.29) is 40.4 Å². The summed E-state index contributed by atoms with van der Waals surface area (Å²) < 4.78 is 0. The van der Waals surface area contributed by atoms with Gasteiger partial charge in [0.05, 0.1) is 12.2 Å². The van der Waals surface area contributed by atoms with Crippen LogP contribution in [-0.2, 0) is 6.61 Å². The minimum Gasteiger partial charge on any atom is -0.508 e. The van der Waals surface area contributed by atoms with E-state index in [4.69, 9.17) is 10.2 Å². The molecule has 0 unspecified atom stereocenters. The molecule has 0 aromatic heterocycles. The first-order valence-electron chi connectivity index (χ1n) is 5.83. The Hall–Kier alpha value is -2.66. The molecule has 3 N–H and O–H groups in total. The molecule has 0 fully saturated rings. The van der Waals surface area contributed by atoms with Crippen molar-refractivity contribution in [3.63, 3.8) is 0 Å². The van der Waals surface area contributed by atoms with E-state index in [2.05, 4.69) is 0 Å². The van der Waals surface area contributed by atoms with Gasteiger partial charge in [-0.2, -0.15) is 0 Å². The minimum absolute atomic E-state index is 0.0250. The number of benzene rings is 2. The molecule has 0 heterocycles. The molecular formula is C15H12O5. The highest BCUT2D eigenvalue weighted by molar-refractivity contribution is 6.10. The maximum absolute atomic E-state index is 12.2. The molecule has 0 radical (unpaired) electrons. The van der Waals surface area contributed by atoms with Crippen molar-refractivity contribution in [2.45, 2.75) is 6.61 Å². The number of carboxylic acids is 1. The Morgan fingerprint density at radius 2 is 1.60 bits per heavy atom. The third kappa shape index (κ3) is 2.67. The van der Waals surface area contributed by atoms with Gasteiger partial charge >= 0.3 is 5.97 Å². The van der Waals surface area contributed by atoms with E-state index in [0.29, 0.717) is 0 Å². The Morgan fingerprint density at radius 3 is 2.25 bits per heavy atom. The predicted molar refractivity (Wildman–Crippen MR) is 70.9 cm³/mol. The van der Waals surface area contributed by atoms with Crippen LogP contribution < -0.4 is 0 Å². The van der Waals surface area contributed by atoms with Gasteiger partial charge in [-0.25, -0.2) is 4.79 Å². The first-order valence-corrected chi connectivity index (χ1v) is 5.83. The molecule has 0 aliphatic rings. The third-order valence-electron chi connectivity index (χ3n) is 2.88. The van der Waals surface area contributed by atoms with Crippen LogP contribution in [0.4, 0.5) is 0 Å². The Morgan fingerprint density at radius 1 is 0.950 bits per heavy atom. The van der Waals surface area contributed by atoms with Gasteiger partial charge in [0.25, 0.3) is 0 Å². The maximum Gasteiger partial charge on any atom is 0.335 e. The zero-order valence-corrected chi connectivity index (χ0v) is 10.4. The average Bonchev–Trinajstić information content (AvgIpc) is 2.47. The summed E-state index contributed by atoms with van der Waals surface area (Å²) in [5, 5.41) is 27.4. The Balaban J connectivity index is 2.41. The lowest BCUT2D eigenvalue weighted by molar-refractivity contribution is 0.0697. The van der Waals surface area contributed by atoms with Gasteiger partial charge in [-0.05, 0) is 30.3 Å². The summed E-state index contributed by atoms with van der Waals surface area (Å²) in [7, 11) is 0. The molecule has 2 aromatic carbocycles. The molecule has 0 saturated heterocycles. The molecule has 5 nitrogen and oxygen atoms in total. The van der Waals surface area contributed by atoms with Gasteiger partial charge in [0.15, 0.2) is 5.78 Å². The first-order chi connectivity index (χ1) is 9.52. The average molecular weight is 272 g/mol. The van der Waals surface area contributed by atoms with Gasteiger partial charge in [0.1, 0.15) is 5.75 Å². The maximum atomic E-state index is 12.2. The molecule has 5 heteroatoms. The van der Waals surface area contributed by atoms with Crippen LogP contribution in [0.1, 0.15) is 31.8 Å². The summed E-state index contributed by atoms with van der Waals surface area (Å²) in [5.41, 5.74) is 0.774. The highest BCUT2D eigenvalue weighted by atomic mass is 16.4. The first kappa shape index (κ1) is 13.8. The third-order valence-corrected chi connectivity index (χ3v) is 2.88. The number of aliphatic hydroxyl groups excluding tert-OH is 1. The SMILES string of the molecule is O=C(O)c1cccc(C(=O)c2ccc(O)c(CO)c2)c1. The molecule has 0 atom stereocenters. The standard InChI is InChI=1S/C15H12O5/c16-8-12-7-10(4-5-13(12)17)14(18)9-2-1-3-11(6-9)15(19)20/h1-7,16-17H,8H2,(H,19,20). The lowest BCUT2D eigenvalue weighted by atomic mass is 9.99. The van der Waals surface area contributed by atoms with Gasteiger partial charge in [0.2, 0.25) is 0 Å². The highest BCUT2D eigenvalue weighted by Crippen LogP contribution is 2.20. The summed E-state index contributed by atoms with van der Waals surface area (Å²) in [6, 6.07) is 9.81. The number of carboxylic acid groups (broad SMARTS) is 1. The molecule has 0 aliphatic carbocycles. The quantitative estimate of drug-likeness (QED) is 0.738. The Kier molecular flexibility index (Phi) is 3.81. The van der Waals surface area contributed by atoms with Crippen LogP contribution >= 0.6 is 0 Å². The van der Waals surface area contributed by atoms with Crippen molar-refractivity contribution in [3.8, 4) is 5.75 Å². The zero-order valence-electron chi connectivity index (χ0n) is 10.4. The monoisotopic (exact) mass is 272 g/mol. The van der Waals surface area contributed by atoms with E-state index in [1.54, 1.807) is 0 Å². The lowest BCUT2D eigenvalue weighted by Crippen LogP contribution is -2.05.